The number of hydrogen-bond donors (Lipinski definition) is 1. The summed E-state index contributed by atoms with van der Waals surface area (Å²) >= 11 is 4.54. The number of hydrogen-bond acceptors (Lipinski definition) is 4. The van der Waals surface area contributed by atoms with Crippen LogP contribution in [0.3, 0.4) is 0 Å². The van der Waals surface area contributed by atoms with E-state index in [1.54, 1.807) is 19.1 Å². The molecule has 2 aromatic rings. The number of amides is 1. The lowest BCUT2D eigenvalue weighted by atomic mass is 10.1. The number of thiophene rings is 1. The normalized spacial score (nSPS) is 12.1. The summed E-state index contributed by atoms with van der Waals surface area (Å²) in [7, 11) is 0. The number of ketones is 1. The van der Waals surface area contributed by atoms with E-state index in [4.69, 9.17) is 4.42 Å². The Hall–Kier alpha value is -1.40. The number of nitrogens with one attached hydrogen (secondary N) is 1. The molecular weight excluding hydrogens is 330 g/mol. The van der Waals surface area contributed by atoms with E-state index in [1.165, 1.54) is 17.6 Å². The fourth-order valence-corrected chi connectivity index (χ4v) is 2.62. The molecule has 1 amide bonds. The van der Waals surface area contributed by atoms with Gasteiger partial charge in [-0.3, -0.25) is 9.59 Å². The molecule has 2 aromatic heterocycles. The van der Waals surface area contributed by atoms with Crippen molar-refractivity contribution in [1.82, 2.24) is 5.32 Å². The average molecular weight is 342 g/mol. The van der Waals surface area contributed by atoms with Crippen LogP contribution in [-0.4, -0.2) is 17.7 Å². The van der Waals surface area contributed by atoms with Gasteiger partial charge in [-0.1, -0.05) is 6.07 Å². The molecular formula is C13H12BrNO3S. The van der Waals surface area contributed by atoms with Gasteiger partial charge < -0.3 is 9.73 Å². The lowest BCUT2D eigenvalue weighted by Crippen LogP contribution is -2.33. The Kier molecular flexibility index (Phi) is 4.55. The third kappa shape index (κ3) is 3.78. The van der Waals surface area contributed by atoms with Crippen LogP contribution in [0.25, 0.3) is 0 Å². The van der Waals surface area contributed by atoms with E-state index in [-0.39, 0.29) is 24.2 Å². The minimum atomic E-state index is -0.249. The number of Topliss-reactive ketones (excluding diaryl/α,β-unsaturated/α-hetero) is 1. The number of furan rings is 1. The Morgan fingerprint density at radius 3 is 2.89 bits per heavy atom. The summed E-state index contributed by atoms with van der Waals surface area (Å²) in [6, 6.07) is 4.98. The largest absolute Gasteiger partial charge is 0.457 e. The maximum Gasteiger partial charge on any atom is 0.254 e. The smallest absolute Gasteiger partial charge is 0.254 e. The van der Waals surface area contributed by atoms with Crippen molar-refractivity contribution < 1.29 is 14.0 Å². The summed E-state index contributed by atoms with van der Waals surface area (Å²) < 4.78 is 5.50. The van der Waals surface area contributed by atoms with Crippen LogP contribution in [0.5, 0.6) is 0 Å². The summed E-state index contributed by atoms with van der Waals surface area (Å²) in [5.74, 6) is -0.211. The van der Waals surface area contributed by atoms with Gasteiger partial charge >= 0.3 is 0 Å². The molecule has 1 unspecified atom stereocenters. The van der Waals surface area contributed by atoms with E-state index in [0.717, 1.165) is 0 Å². The zero-order valence-electron chi connectivity index (χ0n) is 10.2. The lowest BCUT2D eigenvalue weighted by Gasteiger charge is -2.11. The van der Waals surface area contributed by atoms with Crippen molar-refractivity contribution in [2.24, 2.45) is 0 Å². The minimum Gasteiger partial charge on any atom is -0.457 e. The Balaban J connectivity index is 1.89. The van der Waals surface area contributed by atoms with E-state index >= 15 is 0 Å². The predicted molar refractivity (Wildman–Crippen MR) is 76.6 cm³/mol. The molecule has 2 rings (SSSR count). The van der Waals surface area contributed by atoms with Gasteiger partial charge in [0.2, 0.25) is 0 Å². The summed E-state index contributed by atoms with van der Waals surface area (Å²) in [6.45, 7) is 1.80. The molecule has 19 heavy (non-hydrogen) atoms. The third-order valence-corrected chi connectivity index (χ3v) is 3.82. The van der Waals surface area contributed by atoms with E-state index in [9.17, 15) is 9.59 Å². The molecule has 0 spiro atoms. The molecule has 6 heteroatoms. The van der Waals surface area contributed by atoms with Crippen LogP contribution in [0.1, 0.15) is 33.4 Å². The SMILES string of the molecule is CC(CC(=O)c1cccs1)NC(=O)c1coc(Br)c1. The molecule has 0 aromatic carbocycles. The van der Waals surface area contributed by atoms with Crippen molar-refractivity contribution in [3.05, 3.63) is 45.0 Å². The summed E-state index contributed by atoms with van der Waals surface area (Å²) in [6.07, 6.45) is 1.65. The van der Waals surface area contributed by atoms with Crippen LogP contribution in [-0.2, 0) is 0 Å². The first-order valence-electron chi connectivity index (χ1n) is 5.68. The second-order valence-corrected chi connectivity index (χ2v) is 5.85. The molecule has 4 nitrogen and oxygen atoms in total. The molecule has 0 aliphatic rings. The number of carbonyl (C=O) groups is 2. The van der Waals surface area contributed by atoms with Crippen molar-refractivity contribution >= 4 is 39.0 Å². The predicted octanol–water partition coefficient (Wildman–Crippen LogP) is 3.49. The van der Waals surface area contributed by atoms with E-state index < -0.39 is 0 Å². The van der Waals surface area contributed by atoms with Crippen LogP contribution >= 0.6 is 27.3 Å². The van der Waals surface area contributed by atoms with Crippen LogP contribution in [0.4, 0.5) is 0 Å². The van der Waals surface area contributed by atoms with Crippen molar-refractivity contribution in [3.8, 4) is 0 Å². The molecule has 2 heterocycles. The van der Waals surface area contributed by atoms with Crippen LogP contribution < -0.4 is 5.32 Å². The Bertz CT molecular complexity index is 576. The summed E-state index contributed by atoms with van der Waals surface area (Å²) in [5.41, 5.74) is 0.433. The van der Waals surface area contributed by atoms with Crippen molar-refractivity contribution in [1.29, 1.82) is 0 Å². The number of rotatable bonds is 5. The van der Waals surface area contributed by atoms with E-state index in [1.807, 2.05) is 11.4 Å². The minimum absolute atomic E-state index is 0.0381. The second kappa shape index (κ2) is 6.16. The molecule has 0 radical (unpaired) electrons. The number of carbonyl (C=O) groups excluding carboxylic acids is 2. The Morgan fingerprint density at radius 2 is 2.32 bits per heavy atom. The van der Waals surface area contributed by atoms with Gasteiger partial charge in [-0.25, -0.2) is 0 Å². The molecule has 100 valence electrons. The van der Waals surface area contributed by atoms with E-state index in [2.05, 4.69) is 21.2 Å². The van der Waals surface area contributed by atoms with Crippen LogP contribution in [0.2, 0.25) is 0 Å². The molecule has 0 bridgehead atoms. The quantitative estimate of drug-likeness (QED) is 0.846. The highest BCUT2D eigenvalue weighted by atomic mass is 79.9. The zero-order chi connectivity index (χ0) is 13.8. The molecule has 0 aliphatic carbocycles. The van der Waals surface area contributed by atoms with Crippen molar-refractivity contribution in [3.63, 3.8) is 0 Å². The monoisotopic (exact) mass is 341 g/mol. The zero-order valence-corrected chi connectivity index (χ0v) is 12.6. The maximum absolute atomic E-state index is 11.9. The van der Waals surface area contributed by atoms with Crippen LogP contribution in [0, 0.1) is 0 Å². The topological polar surface area (TPSA) is 59.3 Å². The molecule has 0 fully saturated rings. The summed E-state index contributed by atoms with van der Waals surface area (Å²) in [5, 5.41) is 4.63. The highest BCUT2D eigenvalue weighted by Crippen LogP contribution is 2.15. The number of halogens is 1. The first kappa shape index (κ1) is 14.0. The average Bonchev–Trinajstić information content (AvgIpc) is 2.98. The van der Waals surface area contributed by atoms with Gasteiger partial charge in [0, 0.05) is 18.5 Å². The molecule has 1 N–H and O–H groups in total. The first-order valence-corrected chi connectivity index (χ1v) is 7.35. The highest BCUT2D eigenvalue weighted by Gasteiger charge is 2.16. The fourth-order valence-electron chi connectivity index (χ4n) is 1.60. The van der Waals surface area contributed by atoms with Crippen LogP contribution in [0.15, 0.2) is 38.9 Å². The third-order valence-electron chi connectivity index (χ3n) is 2.49. The Morgan fingerprint density at radius 1 is 1.53 bits per heavy atom. The van der Waals surface area contributed by atoms with Gasteiger partial charge in [-0.15, -0.1) is 11.3 Å². The van der Waals surface area contributed by atoms with E-state index in [0.29, 0.717) is 15.1 Å². The molecule has 0 aliphatic heterocycles. The maximum atomic E-state index is 11.9. The second-order valence-electron chi connectivity index (χ2n) is 4.12. The Labute approximate surface area is 122 Å². The van der Waals surface area contributed by atoms with Gasteiger partial charge in [0.25, 0.3) is 5.91 Å². The van der Waals surface area contributed by atoms with Gasteiger partial charge in [-0.05, 0) is 34.3 Å². The summed E-state index contributed by atoms with van der Waals surface area (Å²) in [4.78, 5) is 24.4. The molecule has 0 saturated heterocycles. The van der Waals surface area contributed by atoms with Crippen molar-refractivity contribution in [2.75, 3.05) is 0 Å². The van der Waals surface area contributed by atoms with Gasteiger partial charge in [0.05, 0.1) is 10.4 Å². The highest BCUT2D eigenvalue weighted by molar-refractivity contribution is 9.10. The van der Waals surface area contributed by atoms with Crippen molar-refractivity contribution in [2.45, 2.75) is 19.4 Å². The van der Waals surface area contributed by atoms with Gasteiger partial charge in [-0.2, -0.15) is 0 Å². The van der Waals surface area contributed by atoms with Gasteiger partial charge in [0.1, 0.15) is 6.26 Å². The molecule has 1 atom stereocenters. The molecule has 0 saturated carbocycles. The van der Waals surface area contributed by atoms with Gasteiger partial charge in [0.15, 0.2) is 10.5 Å². The standard InChI is InChI=1S/C13H12BrNO3S/c1-8(5-10(16)11-3-2-4-19-11)15-13(17)9-6-12(14)18-7-9/h2-4,6-8H,5H2,1H3,(H,15,17). The fraction of sp³-hybridized carbons (Fsp3) is 0.231. The lowest BCUT2D eigenvalue weighted by molar-refractivity contribution is 0.0919. The first-order chi connectivity index (χ1) is 9.06.